The summed E-state index contributed by atoms with van der Waals surface area (Å²) >= 11 is 0. The van der Waals surface area contributed by atoms with Crippen LogP contribution >= 0.6 is 0 Å². The van der Waals surface area contributed by atoms with E-state index in [2.05, 4.69) is 44.2 Å². The van der Waals surface area contributed by atoms with Crippen LogP contribution < -0.4 is 0 Å². The third-order valence-corrected chi connectivity index (χ3v) is 6.34. The molecule has 2 aromatic rings. The normalized spacial score (nSPS) is 20.0. The molecule has 0 unspecified atom stereocenters. The van der Waals surface area contributed by atoms with Crippen molar-refractivity contribution in [1.82, 2.24) is 0 Å². The first kappa shape index (κ1) is 20.1. The Bertz CT molecular complexity index is 693. The van der Waals surface area contributed by atoms with E-state index in [0.29, 0.717) is 0 Å². The molecule has 0 bridgehead atoms. The average Bonchev–Trinajstić information content (AvgIpc) is 2.69. The third kappa shape index (κ3) is 5.67. The van der Waals surface area contributed by atoms with Crippen molar-refractivity contribution >= 4 is 0 Å². The first-order valence-corrected chi connectivity index (χ1v) is 11.1. The van der Waals surface area contributed by atoms with Gasteiger partial charge in [0.2, 0.25) is 0 Å². The van der Waals surface area contributed by atoms with Gasteiger partial charge in [-0.2, -0.15) is 0 Å². The minimum atomic E-state index is -0.0811. The second-order valence-corrected chi connectivity index (χ2v) is 8.48. The van der Waals surface area contributed by atoms with Crippen molar-refractivity contribution in [2.24, 2.45) is 11.8 Å². The summed E-state index contributed by atoms with van der Waals surface area (Å²) in [6, 6.07) is 14.2. The Morgan fingerprint density at radius 2 is 1.37 bits per heavy atom. The monoisotopic (exact) mass is 366 g/mol. The molecule has 0 spiro atoms. The van der Waals surface area contributed by atoms with Crippen LogP contribution in [0.25, 0.3) is 11.1 Å². The molecule has 0 radical (unpaired) electrons. The molecule has 1 aliphatic carbocycles. The Labute approximate surface area is 165 Å². The number of hydrogen-bond donors (Lipinski definition) is 0. The molecule has 1 saturated carbocycles. The molecule has 27 heavy (non-hydrogen) atoms. The quantitative estimate of drug-likeness (QED) is 0.444. The zero-order valence-electron chi connectivity index (χ0n) is 17.1. The maximum Gasteiger partial charge on any atom is 0.131 e. The second kappa shape index (κ2) is 10.1. The third-order valence-electron chi connectivity index (χ3n) is 6.34. The molecule has 0 aliphatic heterocycles. The van der Waals surface area contributed by atoms with Gasteiger partial charge in [0.15, 0.2) is 0 Å². The first-order chi connectivity index (χ1) is 13.2. The molecule has 0 atom stereocenters. The molecule has 0 heterocycles. The highest BCUT2D eigenvalue weighted by atomic mass is 19.1. The molecule has 0 amide bonds. The van der Waals surface area contributed by atoms with E-state index >= 15 is 0 Å². The smallest absolute Gasteiger partial charge is 0.131 e. The molecule has 3 rings (SSSR count). The highest BCUT2D eigenvalue weighted by Gasteiger charge is 2.20. The van der Waals surface area contributed by atoms with Crippen molar-refractivity contribution in [1.29, 1.82) is 0 Å². The minimum Gasteiger partial charge on any atom is -0.206 e. The fourth-order valence-corrected chi connectivity index (χ4v) is 4.68. The predicted molar refractivity (Wildman–Crippen MR) is 115 cm³/mol. The fourth-order valence-electron chi connectivity index (χ4n) is 4.68. The van der Waals surface area contributed by atoms with E-state index in [9.17, 15) is 4.39 Å². The molecule has 0 N–H and O–H groups in total. The molecule has 1 fully saturated rings. The Morgan fingerprint density at radius 1 is 0.741 bits per heavy atom. The molecule has 0 nitrogen and oxygen atoms in total. The number of halogens is 1. The lowest BCUT2D eigenvalue weighted by Crippen LogP contribution is -2.15. The standard InChI is InChI=1S/C26H35F/c1-3-5-20-7-9-22(10-8-20)11-12-23-15-18-25(26(27)19-23)24-16-13-21(6-4-2)14-17-24/h13-20,22H,3-12H2,1-2H3/t20-,22-. The highest BCUT2D eigenvalue weighted by Crippen LogP contribution is 2.34. The zero-order chi connectivity index (χ0) is 19.1. The van der Waals surface area contributed by atoms with E-state index in [4.69, 9.17) is 0 Å². The Morgan fingerprint density at radius 3 is 1.96 bits per heavy atom. The van der Waals surface area contributed by atoms with E-state index in [1.807, 2.05) is 6.07 Å². The Kier molecular flexibility index (Phi) is 7.50. The summed E-state index contributed by atoms with van der Waals surface area (Å²) in [5.41, 5.74) is 4.18. The largest absolute Gasteiger partial charge is 0.206 e. The summed E-state index contributed by atoms with van der Waals surface area (Å²) in [7, 11) is 0. The summed E-state index contributed by atoms with van der Waals surface area (Å²) < 4.78 is 14.7. The van der Waals surface area contributed by atoms with Crippen molar-refractivity contribution in [2.45, 2.75) is 78.1 Å². The van der Waals surface area contributed by atoms with Crippen LogP contribution in [0.15, 0.2) is 42.5 Å². The van der Waals surface area contributed by atoms with Crippen LogP contribution in [0.1, 0.15) is 76.3 Å². The molecule has 0 aromatic heterocycles. The predicted octanol–water partition coefficient (Wildman–Crippen LogP) is 7.98. The van der Waals surface area contributed by atoms with E-state index in [1.54, 1.807) is 6.07 Å². The average molecular weight is 367 g/mol. The maximum absolute atomic E-state index is 14.7. The van der Waals surface area contributed by atoms with Gasteiger partial charge in [0.25, 0.3) is 0 Å². The summed E-state index contributed by atoms with van der Waals surface area (Å²) in [5.74, 6) is 1.72. The molecular weight excluding hydrogens is 331 g/mol. The van der Waals surface area contributed by atoms with Gasteiger partial charge in [-0.05, 0) is 53.9 Å². The van der Waals surface area contributed by atoms with Crippen LogP contribution in [0, 0.1) is 17.7 Å². The van der Waals surface area contributed by atoms with E-state index < -0.39 is 0 Å². The lowest BCUT2D eigenvalue weighted by Gasteiger charge is -2.28. The molecule has 146 valence electrons. The van der Waals surface area contributed by atoms with Gasteiger partial charge in [0, 0.05) is 5.56 Å². The lowest BCUT2D eigenvalue weighted by atomic mass is 9.78. The number of hydrogen-bond acceptors (Lipinski definition) is 0. The van der Waals surface area contributed by atoms with Crippen LogP contribution in [-0.2, 0) is 12.8 Å². The summed E-state index contributed by atoms with van der Waals surface area (Å²) in [6.45, 7) is 4.48. The van der Waals surface area contributed by atoms with Crippen LogP contribution in [0.2, 0.25) is 0 Å². The summed E-state index contributed by atoms with van der Waals surface area (Å²) in [6.07, 6.45) is 12.7. The van der Waals surface area contributed by atoms with Gasteiger partial charge in [-0.15, -0.1) is 0 Å². The van der Waals surface area contributed by atoms with Crippen molar-refractivity contribution in [2.75, 3.05) is 0 Å². The van der Waals surface area contributed by atoms with Gasteiger partial charge in [-0.25, -0.2) is 4.39 Å². The topological polar surface area (TPSA) is 0 Å². The van der Waals surface area contributed by atoms with Gasteiger partial charge in [0.05, 0.1) is 0 Å². The molecular formula is C26H35F. The van der Waals surface area contributed by atoms with Gasteiger partial charge in [-0.1, -0.05) is 95.2 Å². The molecule has 1 heteroatoms. The van der Waals surface area contributed by atoms with Crippen LogP contribution in [0.4, 0.5) is 4.39 Å². The number of aryl methyl sites for hydroxylation is 2. The van der Waals surface area contributed by atoms with Crippen LogP contribution in [0.3, 0.4) is 0 Å². The van der Waals surface area contributed by atoms with Crippen LogP contribution in [0.5, 0.6) is 0 Å². The van der Waals surface area contributed by atoms with Gasteiger partial charge >= 0.3 is 0 Å². The van der Waals surface area contributed by atoms with Crippen molar-refractivity contribution in [3.05, 3.63) is 59.4 Å². The lowest BCUT2D eigenvalue weighted by molar-refractivity contribution is 0.252. The molecule has 2 aromatic carbocycles. The van der Waals surface area contributed by atoms with E-state index in [0.717, 1.165) is 47.8 Å². The zero-order valence-corrected chi connectivity index (χ0v) is 17.1. The van der Waals surface area contributed by atoms with Crippen molar-refractivity contribution in [3.63, 3.8) is 0 Å². The molecule has 1 aliphatic rings. The Balaban J connectivity index is 1.55. The van der Waals surface area contributed by atoms with Gasteiger partial charge in [-0.3, -0.25) is 0 Å². The maximum atomic E-state index is 14.7. The van der Waals surface area contributed by atoms with E-state index in [-0.39, 0.29) is 5.82 Å². The van der Waals surface area contributed by atoms with Gasteiger partial charge < -0.3 is 0 Å². The summed E-state index contributed by atoms with van der Waals surface area (Å²) in [5, 5.41) is 0. The van der Waals surface area contributed by atoms with Gasteiger partial charge in [0.1, 0.15) is 5.82 Å². The highest BCUT2D eigenvalue weighted by molar-refractivity contribution is 5.64. The fraction of sp³-hybridized carbons (Fsp3) is 0.538. The van der Waals surface area contributed by atoms with Crippen molar-refractivity contribution in [3.8, 4) is 11.1 Å². The van der Waals surface area contributed by atoms with E-state index in [1.165, 1.54) is 50.5 Å². The van der Waals surface area contributed by atoms with Crippen molar-refractivity contribution < 1.29 is 4.39 Å². The first-order valence-electron chi connectivity index (χ1n) is 11.1. The molecule has 0 saturated heterocycles. The minimum absolute atomic E-state index is 0.0811. The van der Waals surface area contributed by atoms with Crippen LogP contribution in [-0.4, -0.2) is 0 Å². The summed E-state index contributed by atoms with van der Waals surface area (Å²) in [4.78, 5) is 0. The second-order valence-electron chi connectivity index (χ2n) is 8.48. The SMILES string of the molecule is CCCc1ccc(-c2ccc(CC[C@H]3CC[C@H](CCC)CC3)cc2F)cc1. The number of rotatable bonds is 8. The number of benzene rings is 2. The Hall–Kier alpha value is -1.63.